The highest BCUT2D eigenvalue weighted by atomic mass is 32.1. The summed E-state index contributed by atoms with van der Waals surface area (Å²) in [7, 11) is 0. The monoisotopic (exact) mass is 282 g/mol. The van der Waals surface area contributed by atoms with Crippen LogP contribution < -0.4 is 0 Å². The number of imide groups is 1. The molecule has 1 N–H and O–H groups in total. The zero-order valence-electron chi connectivity index (χ0n) is 10.7. The first kappa shape index (κ1) is 13.7. The number of aromatic carboxylic acids is 1. The molecule has 1 saturated heterocycles. The van der Waals surface area contributed by atoms with Gasteiger partial charge in [-0.05, 0) is 0 Å². The van der Waals surface area contributed by atoms with Crippen LogP contribution in [0.4, 0.5) is 0 Å². The topological polar surface area (TPSA) is 87.6 Å². The van der Waals surface area contributed by atoms with Crippen molar-refractivity contribution in [3.8, 4) is 0 Å². The lowest BCUT2D eigenvalue weighted by Gasteiger charge is -2.16. The van der Waals surface area contributed by atoms with Crippen molar-refractivity contribution < 1.29 is 19.5 Å². The Hall–Kier alpha value is -1.76. The van der Waals surface area contributed by atoms with Gasteiger partial charge in [0.05, 0.1) is 10.4 Å². The van der Waals surface area contributed by atoms with Crippen LogP contribution in [0.25, 0.3) is 0 Å². The van der Waals surface area contributed by atoms with Gasteiger partial charge in [0, 0.05) is 24.8 Å². The number of rotatable bonds is 4. The zero-order chi connectivity index (χ0) is 14.2. The van der Waals surface area contributed by atoms with Crippen molar-refractivity contribution in [1.82, 2.24) is 9.88 Å². The summed E-state index contributed by atoms with van der Waals surface area (Å²) >= 11 is 1.22. The Labute approximate surface area is 114 Å². The van der Waals surface area contributed by atoms with Gasteiger partial charge in [-0.3, -0.25) is 14.5 Å². The minimum atomic E-state index is -1.07. The number of likely N-dealkylation sites (tertiary alicyclic amines) is 1. The molecule has 2 amide bonds. The summed E-state index contributed by atoms with van der Waals surface area (Å²) in [5, 5.41) is 10.8. The van der Waals surface area contributed by atoms with Gasteiger partial charge in [-0.25, -0.2) is 9.78 Å². The Morgan fingerprint density at radius 2 is 2.21 bits per heavy atom. The first-order valence-electron chi connectivity index (χ1n) is 5.84. The largest absolute Gasteiger partial charge is 0.476 e. The van der Waals surface area contributed by atoms with E-state index < -0.39 is 11.4 Å². The maximum absolute atomic E-state index is 12.0. The van der Waals surface area contributed by atoms with Crippen LogP contribution in [-0.2, 0) is 16.0 Å². The lowest BCUT2D eigenvalue weighted by atomic mass is 9.92. The third-order valence-electron chi connectivity index (χ3n) is 3.04. The van der Waals surface area contributed by atoms with Crippen LogP contribution in [0, 0.1) is 5.41 Å². The summed E-state index contributed by atoms with van der Waals surface area (Å²) in [4.78, 5) is 39.5. The Balaban J connectivity index is 2.01. The highest BCUT2D eigenvalue weighted by molar-refractivity contribution is 7.09. The number of nitrogens with zero attached hydrogens (tertiary/aromatic N) is 2. The summed E-state index contributed by atoms with van der Waals surface area (Å²) in [6.45, 7) is 3.76. The van der Waals surface area contributed by atoms with E-state index in [0.29, 0.717) is 11.4 Å². The highest BCUT2D eigenvalue weighted by Crippen LogP contribution is 2.31. The van der Waals surface area contributed by atoms with Crippen molar-refractivity contribution in [3.63, 3.8) is 0 Å². The molecule has 1 aliphatic rings. The van der Waals surface area contributed by atoms with Gasteiger partial charge in [0.1, 0.15) is 0 Å². The van der Waals surface area contributed by atoms with Gasteiger partial charge < -0.3 is 5.11 Å². The number of carboxylic acids is 1. The quantitative estimate of drug-likeness (QED) is 0.837. The average molecular weight is 282 g/mol. The zero-order valence-corrected chi connectivity index (χ0v) is 11.5. The standard InChI is InChI=1S/C12H14N2O4S/c1-12(2)5-9(15)14(11(12)18)4-3-8-13-7(6-19-8)10(16)17/h6H,3-5H2,1-2H3,(H,16,17). The van der Waals surface area contributed by atoms with Gasteiger partial charge in [-0.15, -0.1) is 11.3 Å². The van der Waals surface area contributed by atoms with Crippen LogP contribution in [0.5, 0.6) is 0 Å². The van der Waals surface area contributed by atoms with E-state index in [1.807, 2.05) is 0 Å². The molecular formula is C12H14N2O4S. The fourth-order valence-corrected chi connectivity index (χ4v) is 2.75. The molecule has 2 heterocycles. The number of hydrogen-bond acceptors (Lipinski definition) is 5. The minimum Gasteiger partial charge on any atom is -0.476 e. The van der Waals surface area contributed by atoms with E-state index in [-0.39, 0.29) is 30.5 Å². The maximum Gasteiger partial charge on any atom is 0.355 e. The van der Waals surface area contributed by atoms with Crippen molar-refractivity contribution in [2.24, 2.45) is 5.41 Å². The second-order valence-electron chi connectivity index (χ2n) is 5.09. The third kappa shape index (κ3) is 2.65. The van der Waals surface area contributed by atoms with E-state index in [1.54, 1.807) is 13.8 Å². The molecule has 1 aliphatic heterocycles. The Morgan fingerprint density at radius 1 is 1.53 bits per heavy atom. The molecule has 1 aromatic heterocycles. The van der Waals surface area contributed by atoms with Gasteiger partial charge in [0.15, 0.2) is 5.69 Å². The molecule has 0 radical (unpaired) electrons. The van der Waals surface area contributed by atoms with Crippen LogP contribution >= 0.6 is 11.3 Å². The molecule has 6 nitrogen and oxygen atoms in total. The second kappa shape index (κ2) is 4.73. The van der Waals surface area contributed by atoms with E-state index in [9.17, 15) is 14.4 Å². The fraction of sp³-hybridized carbons (Fsp3) is 0.500. The normalized spacial score (nSPS) is 18.1. The summed E-state index contributed by atoms with van der Waals surface area (Å²) in [6.07, 6.45) is 0.621. The molecule has 0 spiro atoms. The lowest BCUT2D eigenvalue weighted by Crippen LogP contribution is -2.34. The van der Waals surface area contributed by atoms with E-state index in [1.165, 1.54) is 21.6 Å². The molecule has 19 heavy (non-hydrogen) atoms. The molecule has 102 valence electrons. The van der Waals surface area contributed by atoms with Crippen molar-refractivity contribution in [2.75, 3.05) is 6.54 Å². The first-order chi connectivity index (χ1) is 8.81. The van der Waals surface area contributed by atoms with Crippen molar-refractivity contribution >= 4 is 29.1 Å². The Bertz CT molecular complexity index is 550. The Morgan fingerprint density at radius 3 is 2.68 bits per heavy atom. The third-order valence-corrected chi connectivity index (χ3v) is 3.95. The van der Waals surface area contributed by atoms with E-state index >= 15 is 0 Å². The fourth-order valence-electron chi connectivity index (χ4n) is 1.99. The minimum absolute atomic E-state index is 0.000551. The molecular weight excluding hydrogens is 268 g/mol. The van der Waals surface area contributed by atoms with Gasteiger partial charge >= 0.3 is 5.97 Å². The van der Waals surface area contributed by atoms with Crippen molar-refractivity contribution in [2.45, 2.75) is 26.7 Å². The van der Waals surface area contributed by atoms with E-state index in [2.05, 4.69) is 4.98 Å². The molecule has 0 atom stereocenters. The number of amides is 2. The van der Waals surface area contributed by atoms with Crippen LogP contribution in [0.3, 0.4) is 0 Å². The molecule has 0 aliphatic carbocycles. The predicted molar refractivity (Wildman–Crippen MR) is 67.9 cm³/mol. The van der Waals surface area contributed by atoms with Crippen LogP contribution in [-0.4, -0.2) is 39.3 Å². The molecule has 0 bridgehead atoms. The summed E-state index contributed by atoms with van der Waals surface area (Å²) in [6, 6.07) is 0. The van der Waals surface area contributed by atoms with Crippen LogP contribution in [0.2, 0.25) is 0 Å². The Kier molecular flexibility index (Phi) is 3.40. The maximum atomic E-state index is 12.0. The number of aromatic nitrogens is 1. The SMILES string of the molecule is CC1(C)CC(=O)N(CCc2nc(C(=O)O)cs2)C1=O. The first-order valence-corrected chi connectivity index (χ1v) is 6.72. The summed E-state index contributed by atoms with van der Waals surface area (Å²) in [5.74, 6) is -1.42. The molecule has 7 heteroatoms. The van der Waals surface area contributed by atoms with Gasteiger partial charge in [-0.2, -0.15) is 0 Å². The van der Waals surface area contributed by atoms with Gasteiger partial charge in [0.25, 0.3) is 0 Å². The number of carbonyl (C=O) groups is 3. The van der Waals surface area contributed by atoms with Crippen LogP contribution in [0.15, 0.2) is 5.38 Å². The lowest BCUT2D eigenvalue weighted by molar-refractivity contribution is -0.140. The van der Waals surface area contributed by atoms with E-state index in [4.69, 9.17) is 5.11 Å². The predicted octanol–water partition coefficient (Wildman–Crippen LogP) is 1.17. The summed E-state index contributed by atoms with van der Waals surface area (Å²) in [5.41, 5.74) is -0.633. The number of carboxylic acid groups (broad SMARTS) is 1. The van der Waals surface area contributed by atoms with Gasteiger partial charge in [-0.1, -0.05) is 13.8 Å². The highest BCUT2D eigenvalue weighted by Gasteiger charge is 2.44. The van der Waals surface area contributed by atoms with Crippen molar-refractivity contribution in [1.29, 1.82) is 0 Å². The molecule has 0 saturated carbocycles. The van der Waals surface area contributed by atoms with Gasteiger partial charge in [0.2, 0.25) is 11.8 Å². The van der Waals surface area contributed by atoms with Crippen molar-refractivity contribution in [3.05, 3.63) is 16.1 Å². The van der Waals surface area contributed by atoms with E-state index in [0.717, 1.165) is 0 Å². The molecule has 1 fully saturated rings. The molecule has 0 aromatic carbocycles. The average Bonchev–Trinajstić information content (AvgIpc) is 2.83. The number of thiazole rings is 1. The number of hydrogen-bond donors (Lipinski definition) is 1. The number of carbonyl (C=O) groups excluding carboxylic acids is 2. The summed E-state index contributed by atoms with van der Waals surface area (Å²) < 4.78 is 0. The molecule has 1 aromatic rings. The second-order valence-corrected chi connectivity index (χ2v) is 6.04. The molecule has 0 unspecified atom stereocenters. The van der Waals surface area contributed by atoms with Crippen LogP contribution in [0.1, 0.15) is 35.8 Å². The smallest absolute Gasteiger partial charge is 0.355 e. The molecule has 2 rings (SSSR count).